The third-order valence-electron chi connectivity index (χ3n) is 3.36. The number of hydrogen-bond donors (Lipinski definition) is 1. The van der Waals surface area contributed by atoms with Crippen molar-refractivity contribution in [3.8, 4) is 0 Å². The zero-order valence-electron chi connectivity index (χ0n) is 11.1. The molecule has 0 saturated carbocycles. The zero-order chi connectivity index (χ0) is 13.8. The molecule has 6 heteroatoms. The Hall–Kier alpha value is -1.40. The summed E-state index contributed by atoms with van der Waals surface area (Å²) in [7, 11) is 3.35. The van der Waals surface area contributed by atoms with E-state index in [2.05, 4.69) is 5.32 Å². The van der Waals surface area contributed by atoms with Gasteiger partial charge in [-0.1, -0.05) is 6.07 Å². The minimum Gasteiger partial charge on any atom is -0.383 e. The molecule has 0 bridgehead atoms. The molecule has 104 valence electrons. The number of ether oxygens (including phenoxy) is 1. The zero-order valence-corrected chi connectivity index (χ0v) is 11.9. The van der Waals surface area contributed by atoms with Gasteiger partial charge in [-0.3, -0.25) is 9.59 Å². The Morgan fingerprint density at radius 2 is 2.42 bits per heavy atom. The molecule has 1 N–H and O–H groups in total. The van der Waals surface area contributed by atoms with Crippen molar-refractivity contribution in [2.75, 3.05) is 27.3 Å². The summed E-state index contributed by atoms with van der Waals surface area (Å²) in [6.45, 7) is 0.951. The fraction of sp³-hybridized carbons (Fsp3) is 0.538. The number of carbonyl (C=O) groups excluding carboxylic acids is 2. The summed E-state index contributed by atoms with van der Waals surface area (Å²) in [5.74, 6) is -0.369. The first-order valence-corrected chi connectivity index (χ1v) is 7.09. The van der Waals surface area contributed by atoms with Crippen molar-refractivity contribution in [2.45, 2.75) is 12.5 Å². The summed E-state index contributed by atoms with van der Waals surface area (Å²) >= 11 is 1.58. The second kappa shape index (κ2) is 6.16. The van der Waals surface area contributed by atoms with Crippen molar-refractivity contribution in [1.82, 2.24) is 10.2 Å². The molecule has 1 aliphatic rings. The van der Waals surface area contributed by atoms with Crippen LogP contribution in [-0.4, -0.2) is 44.0 Å². The molecule has 0 radical (unpaired) electrons. The van der Waals surface area contributed by atoms with Crippen LogP contribution < -0.4 is 5.32 Å². The topological polar surface area (TPSA) is 58.6 Å². The van der Waals surface area contributed by atoms with Crippen LogP contribution in [0.25, 0.3) is 0 Å². The molecular weight excluding hydrogens is 264 g/mol. The van der Waals surface area contributed by atoms with Gasteiger partial charge in [0.15, 0.2) is 0 Å². The van der Waals surface area contributed by atoms with Crippen molar-refractivity contribution in [3.63, 3.8) is 0 Å². The van der Waals surface area contributed by atoms with Crippen LogP contribution in [0, 0.1) is 5.92 Å². The average molecular weight is 282 g/mol. The van der Waals surface area contributed by atoms with Crippen molar-refractivity contribution in [1.29, 1.82) is 0 Å². The van der Waals surface area contributed by atoms with E-state index in [4.69, 9.17) is 4.74 Å². The van der Waals surface area contributed by atoms with Gasteiger partial charge in [-0.2, -0.15) is 0 Å². The Labute approximate surface area is 116 Å². The van der Waals surface area contributed by atoms with Gasteiger partial charge in [0.1, 0.15) is 0 Å². The van der Waals surface area contributed by atoms with E-state index in [0.717, 1.165) is 4.88 Å². The van der Waals surface area contributed by atoms with Gasteiger partial charge in [0.2, 0.25) is 11.8 Å². The van der Waals surface area contributed by atoms with E-state index in [9.17, 15) is 9.59 Å². The maximum atomic E-state index is 12.2. The smallest absolute Gasteiger partial charge is 0.226 e. The van der Waals surface area contributed by atoms with E-state index in [1.165, 1.54) is 0 Å². The van der Waals surface area contributed by atoms with Crippen molar-refractivity contribution in [2.24, 2.45) is 5.92 Å². The number of likely N-dealkylation sites (tertiary alicyclic amines) is 1. The fourth-order valence-corrected chi connectivity index (χ4v) is 3.29. The molecule has 2 unspecified atom stereocenters. The van der Waals surface area contributed by atoms with Crippen LogP contribution in [0.2, 0.25) is 0 Å². The maximum Gasteiger partial charge on any atom is 0.226 e. The first kappa shape index (κ1) is 14.0. The van der Waals surface area contributed by atoms with Crippen molar-refractivity contribution >= 4 is 23.2 Å². The second-order valence-corrected chi connectivity index (χ2v) is 5.54. The molecule has 0 spiro atoms. The standard InChI is InChI=1S/C13H18N2O3S/c1-15-11(16)8-9(13(17)14-5-6-18-2)12(15)10-4-3-7-19-10/h3-4,7,9,12H,5-6,8H2,1-2H3,(H,14,17). The third-order valence-corrected chi connectivity index (χ3v) is 4.31. The highest BCUT2D eigenvalue weighted by molar-refractivity contribution is 7.10. The Balaban J connectivity index is 2.09. The van der Waals surface area contributed by atoms with E-state index >= 15 is 0 Å². The van der Waals surface area contributed by atoms with Crippen LogP contribution in [0.3, 0.4) is 0 Å². The van der Waals surface area contributed by atoms with Gasteiger partial charge in [0, 0.05) is 32.0 Å². The number of thiophene rings is 1. The lowest BCUT2D eigenvalue weighted by Gasteiger charge is -2.23. The molecule has 0 aromatic carbocycles. The van der Waals surface area contributed by atoms with Gasteiger partial charge in [-0.15, -0.1) is 11.3 Å². The Morgan fingerprint density at radius 1 is 1.63 bits per heavy atom. The molecule has 1 aromatic rings. The lowest BCUT2D eigenvalue weighted by Crippen LogP contribution is -2.35. The van der Waals surface area contributed by atoms with Crippen LogP contribution in [0.5, 0.6) is 0 Å². The lowest BCUT2D eigenvalue weighted by atomic mass is 9.98. The fourth-order valence-electron chi connectivity index (χ4n) is 2.36. The van der Waals surface area contributed by atoms with E-state index in [0.29, 0.717) is 13.2 Å². The average Bonchev–Trinajstić information content (AvgIpc) is 2.99. The molecule has 5 nitrogen and oxygen atoms in total. The molecule has 1 saturated heterocycles. The lowest BCUT2D eigenvalue weighted by molar-refractivity contribution is -0.128. The highest BCUT2D eigenvalue weighted by atomic mass is 32.1. The molecule has 2 rings (SSSR count). The van der Waals surface area contributed by atoms with Crippen LogP contribution in [-0.2, 0) is 14.3 Å². The van der Waals surface area contributed by atoms with Crippen LogP contribution in [0.4, 0.5) is 0 Å². The number of carbonyl (C=O) groups is 2. The summed E-state index contributed by atoms with van der Waals surface area (Å²) in [6.07, 6.45) is 0.276. The second-order valence-electron chi connectivity index (χ2n) is 4.56. The number of nitrogens with zero attached hydrogens (tertiary/aromatic N) is 1. The quantitative estimate of drug-likeness (QED) is 0.821. The Bertz CT molecular complexity index is 447. The SMILES string of the molecule is COCCNC(=O)C1CC(=O)N(C)C1c1cccs1. The van der Waals surface area contributed by atoms with Gasteiger partial charge >= 0.3 is 0 Å². The number of nitrogens with one attached hydrogen (secondary N) is 1. The molecule has 19 heavy (non-hydrogen) atoms. The number of hydrogen-bond acceptors (Lipinski definition) is 4. The van der Waals surface area contributed by atoms with E-state index in [1.807, 2.05) is 17.5 Å². The van der Waals surface area contributed by atoms with Gasteiger partial charge in [0.05, 0.1) is 18.6 Å². The predicted octanol–water partition coefficient (Wildman–Crippen LogP) is 1.03. The normalized spacial score (nSPS) is 22.8. The molecule has 1 fully saturated rings. The minimum atomic E-state index is -0.312. The largest absolute Gasteiger partial charge is 0.383 e. The predicted molar refractivity (Wildman–Crippen MR) is 72.8 cm³/mol. The summed E-state index contributed by atoms with van der Waals surface area (Å²) in [5, 5.41) is 4.78. The highest BCUT2D eigenvalue weighted by Gasteiger charge is 2.42. The molecule has 1 aromatic heterocycles. The van der Waals surface area contributed by atoms with Crippen LogP contribution in [0.1, 0.15) is 17.3 Å². The summed E-state index contributed by atoms with van der Waals surface area (Å²) in [6, 6.07) is 3.77. The summed E-state index contributed by atoms with van der Waals surface area (Å²) in [5.41, 5.74) is 0. The molecule has 1 aliphatic heterocycles. The third kappa shape index (κ3) is 2.96. The van der Waals surface area contributed by atoms with Gasteiger partial charge in [-0.25, -0.2) is 0 Å². The van der Waals surface area contributed by atoms with Crippen LogP contribution >= 0.6 is 11.3 Å². The molecule has 2 heterocycles. The van der Waals surface area contributed by atoms with E-state index in [-0.39, 0.29) is 30.2 Å². The van der Waals surface area contributed by atoms with Gasteiger partial charge in [0.25, 0.3) is 0 Å². The minimum absolute atomic E-state index is 0.0188. The summed E-state index contributed by atoms with van der Waals surface area (Å²) < 4.78 is 4.91. The molecule has 2 amide bonds. The van der Waals surface area contributed by atoms with Crippen LogP contribution in [0.15, 0.2) is 17.5 Å². The molecular formula is C13H18N2O3S. The molecule has 0 aliphatic carbocycles. The monoisotopic (exact) mass is 282 g/mol. The van der Waals surface area contributed by atoms with Gasteiger partial charge in [-0.05, 0) is 11.4 Å². The summed E-state index contributed by atoms with van der Waals surface area (Å²) in [4.78, 5) is 26.8. The Morgan fingerprint density at radius 3 is 3.05 bits per heavy atom. The van der Waals surface area contributed by atoms with E-state index in [1.54, 1.807) is 30.4 Å². The van der Waals surface area contributed by atoms with Crippen molar-refractivity contribution < 1.29 is 14.3 Å². The first-order chi connectivity index (χ1) is 9.15. The first-order valence-electron chi connectivity index (χ1n) is 6.21. The highest BCUT2D eigenvalue weighted by Crippen LogP contribution is 2.38. The Kier molecular flexibility index (Phi) is 4.55. The van der Waals surface area contributed by atoms with Gasteiger partial charge < -0.3 is 15.0 Å². The molecule has 2 atom stereocenters. The number of rotatable bonds is 5. The van der Waals surface area contributed by atoms with E-state index < -0.39 is 0 Å². The number of amides is 2. The van der Waals surface area contributed by atoms with Crippen molar-refractivity contribution in [3.05, 3.63) is 22.4 Å². The number of methoxy groups -OCH3 is 1. The maximum absolute atomic E-state index is 12.2.